The predicted molar refractivity (Wildman–Crippen MR) is 391 cm³/mol. The lowest BCUT2D eigenvalue weighted by molar-refractivity contribution is -0.154. The van der Waals surface area contributed by atoms with Gasteiger partial charge < -0.3 is 70.4 Å². The predicted octanol–water partition coefficient (Wildman–Crippen LogP) is 7.30. The highest BCUT2D eigenvalue weighted by Gasteiger charge is 2.44. The van der Waals surface area contributed by atoms with Crippen LogP contribution in [-0.2, 0) is 80.0 Å². The molecule has 0 aromatic heterocycles. The average molecular weight is 1460 g/mol. The number of ether oxygens (including phenoxy) is 3. The maximum Gasteiger partial charge on any atom is 0.410 e. The second-order valence-electron chi connectivity index (χ2n) is 28.0. The average Bonchev–Trinajstić information content (AvgIpc) is 1.80. The van der Waals surface area contributed by atoms with E-state index in [1.807, 2.05) is 58.0 Å². The number of carbonyl (C=O) groups excluding carboxylic acids is 12. The van der Waals surface area contributed by atoms with Gasteiger partial charge in [0.1, 0.15) is 12.4 Å². The third-order valence-electron chi connectivity index (χ3n) is 19.5. The Bertz CT molecular complexity index is 3220. The molecule has 2 aliphatic heterocycles. The number of methoxy groups -OCH3 is 2. The number of amides is 10. The van der Waals surface area contributed by atoms with Crippen molar-refractivity contribution in [2.45, 2.75) is 176 Å². The van der Waals surface area contributed by atoms with Crippen LogP contribution >= 0.6 is 11.8 Å². The molecule has 0 saturated carbocycles. The molecule has 103 heavy (non-hydrogen) atoms. The van der Waals surface area contributed by atoms with Gasteiger partial charge in [-0.25, -0.2) is 9.59 Å². The van der Waals surface area contributed by atoms with E-state index in [1.54, 1.807) is 75.7 Å². The molecule has 570 valence electrons. The van der Waals surface area contributed by atoms with Crippen LogP contribution in [0.15, 0.2) is 79.9 Å². The molecule has 2 aromatic rings. The van der Waals surface area contributed by atoms with Gasteiger partial charge in [0.25, 0.3) is 0 Å². The number of anilines is 1. The summed E-state index contributed by atoms with van der Waals surface area (Å²) in [6.07, 6.45) is 1.52. The summed E-state index contributed by atoms with van der Waals surface area (Å²) in [7, 11) is 6.10. The minimum atomic E-state index is -1.07. The zero-order valence-corrected chi connectivity index (χ0v) is 63.2. The number of ketones is 3. The van der Waals surface area contributed by atoms with Crippen LogP contribution in [0.4, 0.5) is 15.3 Å². The highest BCUT2D eigenvalue weighted by Crippen LogP contribution is 2.33. The van der Waals surface area contributed by atoms with Gasteiger partial charge in [-0.3, -0.25) is 52.7 Å². The number of likely N-dealkylation sites (N-methyl/N-ethyl adjacent to an activating group) is 2. The van der Waals surface area contributed by atoms with Crippen LogP contribution in [0, 0.1) is 47.3 Å². The number of rotatable bonds is 43. The zero-order valence-electron chi connectivity index (χ0n) is 62.4. The minimum Gasteiger partial charge on any atom is -0.481 e. The van der Waals surface area contributed by atoms with Gasteiger partial charge in [0, 0.05) is 96.3 Å². The van der Waals surface area contributed by atoms with E-state index in [2.05, 4.69) is 29.1 Å². The summed E-state index contributed by atoms with van der Waals surface area (Å²) in [5, 5.41) is 18.2. The van der Waals surface area contributed by atoms with E-state index in [-0.39, 0.29) is 143 Å². The zero-order chi connectivity index (χ0) is 76.9. The monoisotopic (exact) mass is 1460 g/mol. The van der Waals surface area contributed by atoms with Crippen molar-refractivity contribution in [2.75, 3.05) is 78.2 Å². The first kappa shape index (κ1) is 86.9. The molecule has 11 atom stereocenters. The summed E-state index contributed by atoms with van der Waals surface area (Å²) in [6, 6.07) is 11.7. The third-order valence-corrected chi connectivity index (χ3v) is 20.4. The number of carbonyl (C=O) groups is 13. The highest BCUT2D eigenvalue weighted by atomic mass is 32.2. The SMILES string of the molecule is C=CC(=O)N1CN(C(=O)C=C)CN(C(=O)CCSCC(=O)N[C@H](C(=O)C[C@@H](CCCNC(N)=O)C(=O)Nc2ccc(COC(=O)N(C)[C@H](C(=O)C[C@H](C(=O)N(C)[C@@H]([C@@H](C)CC)[C@@H](CC(=O)N3CCC[C@H]3[C@H](OC)[C@@H](C)C(=O)C[C@@H](Cc3ccccc3)C(=O)O)OC)C(C)C)C(C)C)cc2)C(C)C)C1. The number of hydrogen-bond acceptors (Lipinski definition) is 17. The Kier molecular flexibility index (Phi) is 36.2. The van der Waals surface area contributed by atoms with Crippen LogP contribution in [0.2, 0.25) is 0 Å². The molecule has 0 radical (unpaired) electrons. The third kappa shape index (κ3) is 26.3. The normalized spacial score (nSPS) is 16.8. The Balaban J connectivity index is 1.37. The standard InChI is InChI=1S/C75H112N10O17S/c1-16-49(10)69(61(100-14)40-66(93)85-34-23-27-57(85)70(101-15)50(11)58(86)38-54(73(96)97)36-51-24-20-19-21-25-51)80(12)72(95)56(46(4)5)39-60(88)68(48(8)9)81(13)75(99)102-41-52-28-30-55(31-29-52)78-71(94)53(26-22-33-77-74(76)98)37-59(87)67(47(6)7)79-62(89)42-103-35-32-65(92)84-44-82(63(90)17-2)43-83(45-84)64(91)18-3/h17-21,24-25,28-31,46-50,53-54,56-57,61,67-70H,2-3,16,22-23,26-27,32-45H2,1,4-15H3,(H,78,94)(H,79,89)(H,96,97)(H3,76,77,98)/t49-,50-,53+,54+,56-,57-,61+,67-,68-,69-,70+/m0/s1. The summed E-state index contributed by atoms with van der Waals surface area (Å²) >= 11 is 1.15. The van der Waals surface area contributed by atoms with Crippen molar-refractivity contribution in [2.24, 2.45) is 53.1 Å². The number of aliphatic carboxylic acids is 1. The lowest BCUT2D eigenvalue weighted by Crippen LogP contribution is -2.59. The molecule has 10 amide bonds. The molecule has 4 rings (SSSR count). The molecule has 0 bridgehead atoms. The van der Waals surface area contributed by atoms with E-state index in [1.165, 1.54) is 40.9 Å². The number of primary amides is 1. The number of likely N-dealkylation sites (tertiary alicyclic amines) is 1. The number of Topliss-reactive ketones (excluding diaryl/α,β-unsaturated/α-hetero) is 3. The van der Waals surface area contributed by atoms with E-state index in [9.17, 15) is 67.4 Å². The van der Waals surface area contributed by atoms with E-state index in [0.29, 0.717) is 37.1 Å². The van der Waals surface area contributed by atoms with Crippen LogP contribution in [0.5, 0.6) is 0 Å². The molecule has 0 aliphatic carbocycles. The van der Waals surface area contributed by atoms with Crippen LogP contribution in [0.3, 0.4) is 0 Å². The number of nitrogens with one attached hydrogen (secondary N) is 3. The van der Waals surface area contributed by atoms with Gasteiger partial charge in [-0.15, -0.1) is 0 Å². The van der Waals surface area contributed by atoms with E-state index in [0.717, 1.165) is 29.5 Å². The Morgan fingerprint density at radius 3 is 1.87 bits per heavy atom. The Hall–Kier alpha value is -8.50. The van der Waals surface area contributed by atoms with Gasteiger partial charge in [0.05, 0.1) is 74.5 Å². The van der Waals surface area contributed by atoms with Crippen molar-refractivity contribution in [3.05, 3.63) is 91.0 Å². The molecule has 2 heterocycles. The Morgan fingerprint density at radius 2 is 1.33 bits per heavy atom. The lowest BCUT2D eigenvalue weighted by Gasteiger charge is -2.41. The molecule has 6 N–H and O–H groups in total. The smallest absolute Gasteiger partial charge is 0.410 e. The van der Waals surface area contributed by atoms with Crippen molar-refractivity contribution >= 4 is 94.2 Å². The van der Waals surface area contributed by atoms with Crippen molar-refractivity contribution in [3.8, 4) is 0 Å². The van der Waals surface area contributed by atoms with Crippen LogP contribution < -0.4 is 21.7 Å². The molecule has 2 aliphatic rings. The van der Waals surface area contributed by atoms with Crippen LogP contribution in [0.25, 0.3) is 0 Å². The number of carboxylic acid groups (broad SMARTS) is 1. The summed E-state index contributed by atoms with van der Waals surface area (Å²) in [5.41, 5.74) is 6.97. The van der Waals surface area contributed by atoms with Gasteiger partial charge in [0.2, 0.25) is 41.4 Å². The van der Waals surface area contributed by atoms with Crippen molar-refractivity contribution in [1.82, 2.24) is 40.0 Å². The maximum atomic E-state index is 14.9. The Labute approximate surface area is 611 Å². The summed E-state index contributed by atoms with van der Waals surface area (Å²) in [5.74, 6) is -9.59. The van der Waals surface area contributed by atoms with E-state index >= 15 is 0 Å². The molecule has 2 saturated heterocycles. The molecule has 28 heteroatoms. The number of urea groups is 1. The largest absolute Gasteiger partial charge is 0.481 e. The summed E-state index contributed by atoms with van der Waals surface area (Å²) in [4.78, 5) is 183. The quantitative estimate of drug-likeness (QED) is 0.0321. The van der Waals surface area contributed by atoms with Gasteiger partial charge in [-0.1, -0.05) is 124 Å². The lowest BCUT2D eigenvalue weighted by atomic mass is 9.83. The summed E-state index contributed by atoms with van der Waals surface area (Å²) in [6.45, 7) is 23.6. The fraction of sp³-hybridized carbons (Fsp3) is 0.613. The minimum absolute atomic E-state index is 0.0135. The van der Waals surface area contributed by atoms with Gasteiger partial charge in [-0.2, -0.15) is 11.8 Å². The molecule has 0 spiro atoms. The number of thioether (sulfide) groups is 1. The molecule has 0 unspecified atom stereocenters. The topological polar surface area (TPSA) is 351 Å². The number of carboxylic acids is 1. The number of benzene rings is 2. The molecule has 27 nitrogen and oxygen atoms in total. The summed E-state index contributed by atoms with van der Waals surface area (Å²) < 4.78 is 17.8. The van der Waals surface area contributed by atoms with Crippen molar-refractivity contribution < 1.29 is 81.6 Å². The molecular weight excluding hydrogens is 1340 g/mol. The van der Waals surface area contributed by atoms with Crippen LogP contribution in [0.1, 0.15) is 138 Å². The first-order chi connectivity index (χ1) is 48.7. The second-order valence-corrected chi connectivity index (χ2v) is 29.1. The fourth-order valence-corrected chi connectivity index (χ4v) is 14.2. The van der Waals surface area contributed by atoms with Crippen LogP contribution in [-0.4, -0.2) is 221 Å². The first-order valence-electron chi connectivity index (χ1n) is 35.5. The fourth-order valence-electron chi connectivity index (χ4n) is 13.5. The highest BCUT2D eigenvalue weighted by molar-refractivity contribution is 7.99. The first-order valence-corrected chi connectivity index (χ1v) is 36.7. The Morgan fingerprint density at radius 1 is 0.718 bits per heavy atom. The number of hydrogen-bond donors (Lipinski definition) is 5. The second kappa shape index (κ2) is 42.9. The van der Waals surface area contributed by atoms with Gasteiger partial charge >= 0.3 is 18.1 Å². The van der Waals surface area contributed by atoms with E-state index < -0.39 is 113 Å². The van der Waals surface area contributed by atoms with Crippen molar-refractivity contribution in [1.29, 1.82) is 0 Å². The van der Waals surface area contributed by atoms with Crippen molar-refractivity contribution in [3.63, 3.8) is 0 Å². The molecule has 2 aromatic carbocycles. The number of nitrogens with zero attached hydrogens (tertiary/aromatic N) is 6. The molecule has 2 fully saturated rings. The molecular formula is C75H112N10O17S. The number of nitrogens with two attached hydrogens (primary N) is 1. The van der Waals surface area contributed by atoms with Gasteiger partial charge in [0.15, 0.2) is 11.6 Å². The van der Waals surface area contributed by atoms with Gasteiger partial charge in [-0.05, 0) is 91.2 Å². The van der Waals surface area contributed by atoms with E-state index in [4.69, 9.17) is 19.9 Å². The maximum absolute atomic E-state index is 14.9.